The lowest BCUT2D eigenvalue weighted by Gasteiger charge is -2.30. The first-order chi connectivity index (χ1) is 9.74. The molecule has 0 saturated heterocycles. The molecule has 4 rings (SSSR count). The fourth-order valence-electron chi connectivity index (χ4n) is 4.18. The normalized spacial score (nSPS) is 28.1. The number of fused-ring (bicyclic) bond motifs is 3. The summed E-state index contributed by atoms with van der Waals surface area (Å²) in [4.78, 5) is 14.0. The highest BCUT2D eigenvalue weighted by Gasteiger charge is 2.50. The van der Waals surface area contributed by atoms with E-state index in [-0.39, 0.29) is 7.33 Å². The summed E-state index contributed by atoms with van der Waals surface area (Å²) in [5, 5.41) is 0. The molecule has 0 aromatic heterocycles. The first-order valence-electron chi connectivity index (χ1n) is 7.94. The van der Waals surface area contributed by atoms with Gasteiger partial charge in [0.25, 0.3) is 0 Å². The molecule has 2 N–H and O–H groups in total. The smallest absolute Gasteiger partial charge is 0.248 e. The number of rotatable bonds is 3. The van der Waals surface area contributed by atoms with Gasteiger partial charge in [0.05, 0.1) is 0 Å². The van der Waals surface area contributed by atoms with Gasteiger partial charge in [-0.3, -0.25) is 4.79 Å². The number of benzene rings is 1. The summed E-state index contributed by atoms with van der Waals surface area (Å²) in [6.45, 7) is 1.18. The van der Waals surface area contributed by atoms with Gasteiger partial charge in [-0.05, 0) is 42.9 Å². The van der Waals surface area contributed by atoms with E-state index in [1.807, 2.05) is 12.1 Å². The zero-order valence-electron chi connectivity index (χ0n) is 11.8. The van der Waals surface area contributed by atoms with E-state index in [1.54, 1.807) is 0 Å². The Morgan fingerprint density at radius 3 is 2.85 bits per heavy atom. The molecule has 2 saturated carbocycles. The van der Waals surface area contributed by atoms with Crippen LogP contribution in [-0.4, -0.2) is 18.5 Å². The van der Waals surface area contributed by atoms with Gasteiger partial charge >= 0.3 is 0 Å². The number of primary amides is 1. The maximum Gasteiger partial charge on any atom is 0.248 e. The molecule has 0 spiro atoms. The van der Waals surface area contributed by atoms with Crippen molar-refractivity contribution in [1.82, 2.24) is 0 Å². The Labute approximate surface area is 121 Å². The first kappa shape index (κ1) is 12.2. The van der Waals surface area contributed by atoms with Gasteiger partial charge in [0, 0.05) is 31.2 Å². The molecule has 20 heavy (non-hydrogen) atoms. The van der Waals surface area contributed by atoms with Crippen LogP contribution in [0.15, 0.2) is 18.2 Å². The van der Waals surface area contributed by atoms with Crippen LogP contribution in [0.25, 0.3) is 0 Å². The third-order valence-electron chi connectivity index (χ3n) is 5.36. The van der Waals surface area contributed by atoms with Gasteiger partial charge in [0.1, 0.15) is 0 Å². The molecule has 2 unspecified atom stereocenters. The summed E-state index contributed by atoms with van der Waals surface area (Å²) >= 11 is 0. The van der Waals surface area contributed by atoms with E-state index in [4.69, 9.17) is 5.73 Å². The molecule has 2 fully saturated rings. The summed E-state index contributed by atoms with van der Waals surface area (Å²) in [6.07, 6.45) is 8.24. The van der Waals surface area contributed by atoms with Crippen LogP contribution in [0.5, 0.6) is 0 Å². The van der Waals surface area contributed by atoms with Crippen molar-refractivity contribution in [1.29, 1.82) is 0 Å². The number of hydrogen-bond acceptors (Lipinski definition) is 2. The molecule has 2 aliphatic carbocycles. The third-order valence-corrected chi connectivity index (χ3v) is 5.36. The first-order valence-corrected chi connectivity index (χ1v) is 7.94. The van der Waals surface area contributed by atoms with Crippen LogP contribution in [0.2, 0.25) is 0 Å². The molecule has 1 aromatic carbocycles. The number of carbonyl (C=O) groups excluding carboxylic acids is 1. The average molecular weight is 272 g/mol. The second kappa shape index (κ2) is 4.51. The molecule has 0 bridgehead atoms. The molecule has 2 atom stereocenters. The maximum absolute atomic E-state index is 11.4. The topological polar surface area (TPSA) is 46.3 Å². The van der Waals surface area contributed by atoms with Gasteiger partial charge in [0.2, 0.25) is 5.91 Å². The number of anilines is 1. The van der Waals surface area contributed by atoms with Gasteiger partial charge in [-0.1, -0.05) is 25.3 Å². The lowest BCUT2D eigenvalue weighted by Crippen LogP contribution is -2.31. The minimum Gasteiger partial charge on any atom is -0.367 e. The Morgan fingerprint density at radius 1 is 1.30 bits per heavy atom. The summed E-state index contributed by atoms with van der Waals surface area (Å²) in [5.74, 6) is 1.25. The summed E-state index contributed by atoms with van der Waals surface area (Å²) in [5.41, 5.74) is 8.80. The Hall–Kier alpha value is -1.51. The molecule has 3 nitrogen and oxygen atoms in total. The van der Waals surface area contributed by atoms with Gasteiger partial charge < -0.3 is 10.6 Å². The van der Waals surface area contributed by atoms with E-state index >= 15 is 0 Å². The quantitative estimate of drug-likeness (QED) is 0.917. The molecule has 0 radical (unpaired) electrons. The maximum atomic E-state index is 11.4. The Morgan fingerprint density at radius 2 is 2.10 bits per heavy atom. The molecule has 108 valence electrons. The van der Waals surface area contributed by atoms with E-state index in [0.29, 0.717) is 11.6 Å². The standard InChI is InChI=1S/C17H22N2O.H2/c18-17(20)12-6-7-13-14-9-16(14)19(15(13)8-12)10-11-4-2-1-3-5-11;/h6-8,11,14,16H,1-5,9-10H2,(H2,18,20);1H. The fraction of sp³-hybridized carbons (Fsp3) is 0.588. The summed E-state index contributed by atoms with van der Waals surface area (Å²) in [7, 11) is 0. The van der Waals surface area contributed by atoms with E-state index < -0.39 is 0 Å². The van der Waals surface area contributed by atoms with E-state index in [0.717, 1.165) is 11.8 Å². The van der Waals surface area contributed by atoms with Crippen LogP contribution >= 0.6 is 0 Å². The van der Waals surface area contributed by atoms with E-state index in [9.17, 15) is 4.79 Å². The van der Waals surface area contributed by atoms with Crippen molar-refractivity contribution in [3.8, 4) is 0 Å². The van der Waals surface area contributed by atoms with Crippen molar-refractivity contribution in [2.75, 3.05) is 11.4 Å². The van der Waals surface area contributed by atoms with Crippen molar-refractivity contribution in [3.63, 3.8) is 0 Å². The Balaban J connectivity index is 0.00000132. The number of carbonyl (C=O) groups is 1. The lowest BCUT2D eigenvalue weighted by molar-refractivity contribution is 0.100. The van der Waals surface area contributed by atoms with Crippen molar-refractivity contribution >= 4 is 11.6 Å². The van der Waals surface area contributed by atoms with E-state index in [1.165, 1.54) is 56.3 Å². The molecule has 3 aliphatic rings. The second-order valence-electron chi connectivity index (χ2n) is 6.70. The van der Waals surface area contributed by atoms with Crippen molar-refractivity contribution in [3.05, 3.63) is 29.3 Å². The zero-order chi connectivity index (χ0) is 13.7. The van der Waals surface area contributed by atoms with Gasteiger partial charge in [-0.2, -0.15) is 0 Å². The SMILES string of the molecule is NC(=O)c1ccc2c(c1)N(CC1CCCCC1)C1CC21.[HH]. The Kier molecular flexibility index (Phi) is 2.76. The zero-order valence-corrected chi connectivity index (χ0v) is 11.8. The van der Waals surface area contributed by atoms with E-state index in [2.05, 4.69) is 11.0 Å². The number of amides is 1. The molecule has 1 aromatic rings. The molecule has 1 heterocycles. The number of nitrogens with zero attached hydrogens (tertiary/aromatic N) is 1. The highest BCUT2D eigenvalue weighted by atomic mass is 16.1. The van der Waals surface area contributed by atoms with Gasteiger partial charge in [-0.25, -0.2) is 0 Å². The summed E-state index contributed by atoms with van der Waals surface area (Å²) < 4.78 is 0. The monoisotopic (exact) mass is 272 g/mol. The molecule has 1 amide bonds. The van der Waals surface area contributed by atoms with Crippen LogP contribution in [0, 0.1) is 5.92 Å². The molecular formula is C17H24N2O. The number of nitrogens with two attached hydrogens (primary N) is 1. The van der Waals surface area contributed by atoms with Gasteiger partial charge in [0.15, 0.2) is 0 Å². The Bertz CT molecular complexity index is 554. The van der Waals surface area contributed by atoms with Crippen LogP contribution in [-0.2, 0) is 0 Å². The predicted molar refractivity (Wildman–Crippen MR) is 82.1 cm³/mol. The van der Waals surface area contributed by atoms with Crippen molar-refractivity contribution in [2.45, 2.75) is 50.5 Å². The van der Waals surface area contributed by atoms with Gasteiger partial charge in [-0.15, -0.1) is 0 Å². The molecular weight excluding hydrogens is 248 g/mol. The second-order valence-corrected chi connectivity index (χ2v) is 6.70. The van der Waals surface area contributed by atoms with Crippen molar-refractivity contribution < 1.29 is 6.22 Å². The largest absolute Gasteiger partial charge is 0.367 e. The van der Waals surface area contributed by atoms with Crippen LogP contribution < -0.4 is 10.6 Å². The highest BCUT2D eigenvalue weighted by molar-refractivity contribution is 5.94. The molecule has 3 heteroatoms. The minimum atomic E-state index is -0.314. The van der Waals surface area contributed by atoms with Crippen LogP contribution in [0.3, 0.4) is 0 Å². The lowest BCUT2D eigenvalue weighted by atomic mass is 9.89. The number of hydrogen-bond donors (Lipinski definition) is 1. The highest BCUT2D eigenvalue weighted by Crippen LogP contribution is 2.56. The minimum absolute atomic E-state index is 0. The average Bonchev–Trinajstić information content (AvgIpc) is 3.20. The molecule has 1 aliphatic heterocycles. The van der Waals surface area contributed by atoms with Crippen LogP contribution in [0.4, 0.5) is 5.69 Å². The third kappa shape index (κ3) is 1.91. The van der Waals surface area contributed by atoms with Crippen molar-refractivity contribution in [2.24, 2.45) is 11.7 Å². The predicted octanol–water partition coefficient (Wildman–Crippen LogP) is 3.29. The fourth-order valence-corrected chi connectivity index (χ4v) is 4.18. The van der Waals surface area contributed by atoms with Crippen LogP contribution in [0.1, 0.15) is 61.8 Å². The summed E-state index contributed by atoms with van der Waals surface area (Å²) in [6, 6.07) is 6.74.